The van der Waals surface area contributed by atoms with E-state index in [9.17, 15) is 9.59 Å². The number of ether oxygens (including phenoxy) is 1. The quantitative estimate of drug-likeness (QED) is 0.441. The van der Waals surface area contributed by atoms with Crippen LogP contribution in [-0.4, -0.2) is 29.4 Å². The fourth-order valence-electron chi connectivity index (χ4n) is 3.20. The normalized spacial score (nSPS) is 11.5. The Morgan fingerprint density at radius 3 is 2.24 bits per heavy atom. The molecule has 0 aliphatic rings. The molecule has 0 saturated carbocycles. The molecular formula is C26H26Cl2N2O3. The lowest BCUT2D eigenvalue weighted by molar-refractivity contribution is -0.142. The standard InChI is InChI=1S/C26H26Cl2N2O3/c1-18-7-9-20(10-8-18)15-29-26(32)19(2)30(16-21-11-13-22(27)14-12-21)25(31)17-33-24-6-4-3-5-23(24)28/h3-14,19H,15-17H2,1-2H3,(H,29,32)/t19-/m0/s1. The summed E-state index contributed by atoms with van der Waals surface area (Å²) in [5.74, 6) is -0.172. The molecule has 3 aromatic rings. The van der Waals surface area contributed by atoms with Gasteiger partial charge in [-0.15, -0.1) is 0 Å². The second kappa shape index (κ2) is 11.7. The monoisotopic (exact) mass is 484 g/mol. The van der Waals surface area contributed by atoms with E-state index in [4.69, 9.17) is 27.9 Å². The van der Waals surface area contributed by atoms with Gasteiger partial charge in [-0.05, 0) is 49.2 Å². The van der Waals surface area contributed by atoms with Crippen LogP contribution >= 0.6 is 23.2 Å². The molecule has 0 fully saturated rings. The molecular weight excluding hydrogens is 459 g/mol. The zero-order chi connectivity index (χ0) is 23.8. The number of carbonyl (C=O) groups is 2. The molecule has 5 nitrogen and oxygen atoms in total. The molecule has 33 heavy (non-hydrogen) atoms. The number of carbonyl (C=O) groups excluding carboxylic acids is 2. The van der Waals surface area contributed by atoms with Gasteiger partial charge < -0.3 is 15.0 Å². The summed E-state index contributed by atoms with van der Waals surface area (Å²) >= 11 is 12.1. The predicted octanol–water partition coefficient (Wildman–Crippen LogP) is 5.41. The number of hydrogen-bond acceptors (Lipinski definition) is 3. The Hall–Kier alpha value is -3.02. The third kappa shape index (κ3) is 7.24. The van der Waals surface area contributed by atoms with Crippen molar-refractivity contribution in [3.8, 4) is 5.75 Å². The first-order chi connectivity index (χ1) is 15.8. The molecule has 0 spiro atoms. The minimum absolute atomic E-state index is 0.237. The fourth-order valence-corrected chi connectivity index (χ4v) is 3.51. The second-order valence-electron chi connectivity index (χ2n) is 7.75. The molecule has 0 heterocycles. The van der Waals surface area contributed by atoms with E-state index in [2.05, 4.69) is 5.32 Å². The molecule has 0 aliphatic heterocycles. The molecule has 172 valence electrons. The number of rotatable bonds is 9. The van der Waals surface area contributed by atoms with E-state index in [-0.39, 0.29) is 25.0 Å². The number of amides is 2. The van der Waals surface area contributed by atoms with Gasteiger partial charge in [-0.1, -0.05) is 77.3 Å². The van der Waals surface area contributed by atoms with Gasteiger partial charge in [0.05, 0.1) is 5.02 Å². The third-order valence-corrected chi connectivity index (χ3v) is 5.77. The second-order valence-corrected chi connectivity index (χ2v) is 8.59. The molecule has 0 aliphatic carbocycles. The average Bonchev–Trinajstić information content (AvgIpc) is 2.82. The summed E-state index contributed by atoms with van der Waals surface area (Å²) in [6.45, 7) is 4.08. The Bertz CT molecular complexity index is 1090. The van der Waals surface area contributed by atoms with Crippen LogP contribution in [0.2, 0.25) is 10.0 Å². The van der Waals surface area contributed by atoms with Crippen molar-refractivity contribution in [2.75, 3.05) is 6.61 Å². The highest BCUT2D eigenvalue weighted by atomic mass is 35.5. The molecule has 2 amide bonds. The average molecular weight is 485 g/mol. The molecule has 7 heteroatoms. The van der Waals surface area contributed by atoms with Gasteiger partial charge in [0.1, 0.15) is 11.8 Å². The number of aryl methyl sites for hydroxylation is 1. The molecule has 0 aromatic heterocycles. The van der Waals surface area contributed by atoms with Crippen LogP contribution in [0.15, 0.2) is 72.8 Å². The topological polar surface area (TPSA) is 58.6 Å². The highest BCUT2D eigenvalue weighted by Gasteiger charge is 2.26. The molecule has 3 rings (SSSR count). The highest BCUT2D eigenvalue weighted by molar-refractivity contribution is 6.32. The van der Waals surface area contributed by atoms with Gasteiger partial charge in [0.25, 0.3) is 5.91 Å². The molecule has 0 bridgehead atoms. The zero-order valence-electron chi connectivity index (χ0n) is 18.6. The SMILES string of the molecule is Cc1ccc(CNC(=O)[C@H](C)N(Cc2ccc(Cl)cc2)C(=O)COc2ccccc2Cl)cc1. The summed E-state index contributed by atoms with van der Waals surface area (Å²) in [6, 6.07) is 21.3. The van der Waals surface area contributed by atoms with Crippen molar-refractivity contribution >= 4 is 35.0 Å². The lowest BCUT2D eigenvalue weighted by Crippen LogP contribution is -2.48. The molecule has 0 unspecified atom stereocenters. The first-order valence-electron chi connectivity index (χ1n) is 10.6. The van der Waals surface area contributed by atoms with Crippen LogP contribution in [0.3, 0.4) is 0 Å². The molecule has 0 radical (unpaired) electrons. The van der Waals surface area contributed by atoms with Gasteiger partial charge in [-0.3, -0.25) is 9.59 Å². The van der Waals surface area contributed by atoms with E-state index in [1.807, 2.05) is 43.3 Å². The maximum atomic E-state index is 13.1. The summed E-state index contributed by atoms with van der Waals surface area (Å²) in [5, 5.41) is 3.93. The first-order valence-corrected chi connectivity index (χ1v) is 11.3. The molecule has 3 aromatic carbocycles. The van der Waals surface area contributed by atoms with Crippen LogP contribution in [0.1, 0.15) is 23.6 Å². The van der Waals surface area contributed by atoms with Crippen LogP contribution in [0.5, 0.6) is 5.75 Å². The molecule has 1 atom stereocenters. The van der Waals surface area contributed by atoms with Gasteiger partial charge >= 0.3 is 0 Å². The van der Waals surface area contributed by atoms with E-state index < -0.39 is 6.04 Å². The van der Waals surface area contributed by atoms with Crippen LogP contribution in [0.25, 0.3) is 0 Å². The van der Waals surface area contributed by atoms with Gasteiger partial charge in [-0.2, -0.15) is 0 Å². The largest absolute Gasteiger partial charge is 0.482 e. The summed E-state index contributed by atoms with van der Waals surface area (Å²) in [7, 11) is 0. The summed E-state index contributed by atoms with van der Waals surface area (Å²) in [5.41, 5.74) is 2.99. The van der Waals surface area contributed by atoms with Crippen LogP contribution in [0, 0.1) is 6.92 Å². The summed E-state index contributed by atoms with van der Waals surface area (Å²) < 4.78 is 5.63. The van der Waals surface area contributed by atoms with Crippen molar-refractivity contribution in [2.24, 2.45) is 0 Å². The Labute approximate surface area is 204 Å². The highest BCUT2D eigenvalue weighted by Crippen LogP contribution is 2.23. The minimum Gasteiger partial charge on any atom is -0.482 e. The fraction of sp³-hybridized carbons (Fsp3) is 0.231. The molecule has 0 saturated heterocycles. The number of hydrogen-bond donors (Lipinski definition) is 1. The maximum absolute atomic E-state index is 13.1. The van der Waals surface area contributed by atoms with Crippen molar-refractivity contribution in [1.82, 2.24) is 10.2 Å². The van der Waals surface area contributed by atoms with E-state index in [0.29, 0.717) is 22.3 Å². The van der Waals surface area contributed by atoms with Gasteiger partial charge in [0.15, 0.2) is 6.61 Å². The van der Waals surface area contributed by atoms with Crippen molar-refractivity contribution in [3.05, 3.63) is 99.5 Å². The third-order valence-electron chi connectivity index (χ3n) is 5.21. The van der Waals surface area contributed by atoms with Crippen molar-refractivity contribution < 1.29 is 14.3 Å². The smallest absolute Gasteiger partial charge is 0.261 e. The van der Waals surface area contributed by atoms with Crippen molar-refractivity contribution in [1.29, 1.82) is 0 Å². The first kappa shape index (κ1) is 24.6. The number of halogens is 2. The van der Waals surface area contributed by atoms with Gasteiger partial charge in [-0.25, -0.2) is 0 Å². The number of nitrogens with one attached hydrogen (secondary N) is 1. The lowest BCUT2D eigenvalue weighted by atomic mass is 10.1. The number of para-hydroxylation sites is 1. The van der Waals surface area contributed by atoms with Crippen LogP contribution in [-0.2, 0) is 22.7 Å². The van der Waals surface area contributed by atoms with E-state index in [1.54, 1.807) is 43.3 Å². The summed E-state index contributed by atoms with van der Waals surface area (Å²) in [6.07, 6.45) is 0. The number of nitrogens with zero attached hydrogens (tertiary/aromatic N) is 1. The van der Waals surface area contributed by atoms with Gasteiger partial charge in [0, 0.05) is 18.1 Å². The van der Waals surface area contributed by atoms with Crippen molar-refractivity contribution in [3.63, 3.8) is 0 Å². The summed E-state index contributed by atoms with van der Waals surface area (Å²) in [4.78, 5) is 27.5. The Kier molecular flexibility index (Phi) is 8.75. The molecule has 1 N–H and O–H groups in total. The minimum atomic E-state index is -0.714. The van der Waals surface area contributed by atoms with E-state index >= 15 is 0 Å². The van der Waals surface area contributed by atoms with Crippen molar-refractivity contribution in [2.45, 2.75) is 33.0 Å². The van der Waals surface area contributed by atoms with Gasteiger partial charge in [0.2, 0.25) is 5.91 Å². The van der Waals surface area contributed by atoms with Crippen LogP contribution < -0.4 is 10.1 Å². The predicted molar refractivity (Wildman–Crippen MR) is 131 cm³/mol. The van der Waals surface area contributed by atoms with E-state index in [0.717, 1.165) is 16.7 Å². The zero-order valence-corrected chi connectivity index (χ0v) is 20.1. The lowest BCUT2D eigenvalue weighted by Gasteiger charge is -2.29. The van der Waals surface area contributed by atoms with Crippen LogP contribution in [0.4, 0.5) is 0 Å². The van der Waals surface area contributed by atoms with E-state index in [1.165, 1.54) is 4.90 Å². The Morgan fingerprint density at radius 1 is 0.939 bits per heavy atom. The number of benzene rings is 3. The maximum Gasteiger partial charge on any atom is 0.261 e. The Balaban J connectivity index is 1.70. The Morgan fingerprint density at radius 2 is 1.58 bits per heavy atom.